The van der Waals surface area contributed by atoms with Gasteiger partial charge in [0, 0.05) is 12.1 Å². The average molecular weight is 325 g/mol. The van der Waals surface area contributed by atoms with Crippen molar-refractivity contribution in [2.45, 2.75) is 29.9 Å². The quantitative estimate of drug-likeness (QED) is 0.619. The molecule has 2 rings (SSSR count). The Balaban J connectivity index is 1.97. The molecule has 1 heterocycles. The molecule has 21 heavy (non-hydrogen) atoms. The van der Waals surface area contributed by atoms with Gasteiger partial charge in [-0.15, -0.1) is 10.2 Å². The number of anilines is 1. The van der Waals surface area contributed by atoms with Crippen LogP contribution in [0.4, 0.5) is 9.52 Å². The van der Waals surface area contributed by atoms with Crippen molar-refractivity contribution in [2.24, 2.45) is 0 Å². The molecule has 0 aliphatic carbocycles. The molecule has 1 aromatic heterocycles. The molecule has 0 aliphatic heterocycles. The van der Waals surface area contributed by atoms with E-state index in [0.717, 1.165) is 22.4 Å². The van der Waals surface area contributed by atoms with Gasteiger partial charge in [-0.3, -0.25) is 4.79 Å². The van der Waals surface area contributed by atoms with Crippen LogP contribution >= 0.6 is 23.1 Å². The van der Waals surface area contributed by atoms with Crippen molar-refractivity contribution >= 4 is 34.0 Å². The second-order valence-electron chi connectivity index (χ2n) is 4.43. The second kappa shape index (κ2) is 7.51. The Bertz CT molecular complexity index is 601. The van der Waals surface area contributed by atoms with Crippen LogP contribution in [0.5, 0.6) is 0 Å². The summed E-state index contributed by atoms with van der Waals surface area (Å²) < 4.78 is 13.6. The highest BCUT2D eigenvalue weighted by atomic mass is 32.2. The van der Waals surface area contributed by atoms with Gasteiger partial charge in [0.05, 0.1) is 5.25 Å². The van der Waals surface area contributed by atoms with Crippen molar-refractivity contribution in [1.29, 1.82) is 0 Å². The van der Waals surface area contributed by atoms with E-state index < -0.39 is 0 Å². The van der Waals surface area contributed by atoms with Crippen LogP contribution in [0.2, 0.25) is 0 Å². The molecule has 0 saturated carbocycles. The minimum absolute atomic E-state index is 0.0433. The molecule has 0 amide bonds. The van der Waals surface area contributed by atoms with Crippen LogP contribution in [0.1, 0.15) is 30.6 Å². The number of rotatable bonds is 7. The number of carbonyl (C=O) groups excluding carboxylic acids is 1. The lowest BCUT2D eigenvalue weighted by atomic mass is 10.1. The zero-order valence-corrected chi connectivity index (χ0v) is 13.4. The third kappa shape index (κ3) is 4.50. The Morgan fingerprint density at radius 1 is 1.38 bits per heavy atom. The number of aromatic nitrogens is 2. The van der Waals surface area contributed by atoms with Gasteiger partial charge in [0.1, 0.15) is 5.82 Å². The number of hydrogen-bond donors (Lipinski definition) is 1. The highest BCUT2D eigenvalue weighted by molar-refractivity contribution is 8.02. The summed E-state index contributed by atoms with van der Waals surface area (Å²) in [6.07, 6.45) is 1.02. The molecule has 4 nitrogen and oxygen atoms in total. The maximum Gasteiger partial charge on any atom is 0.206 e. The second-order valence-corrected chi connectivity index (χ2v) is 7.00. The zero-order valence-electron chi connectivity index (χ0n) is 11.8. The monoisotopic (exact) mass is 325 g/mol. The maximum atomic E-state index is 12.9. The summed E-state index contributed by atoms with van der Waals surface area (Å²) in [5.74, 6) is -0.388. The Labute approximate surface area is 131 Å². The van der Waals surface area contributed by atoms with Gasteiger partial charge < -0.3 is 5.32 Å². The van der Waals surface area contributed by atoms with Gasteiger partial charge in [-0.05, 0) is 37.6 Å². The maximum absolute atomic E-state index is 12.9. The number of thioether (sulfide) groups is 1. The van der Waals surface area contributed by atoms with Crippen molar-refractivity contribution in [1.82, 2.24) is 10.2 Å². The van der Waals surface area contributed by atoms with Crippen molar-refractivity contribution in [3.63, 3.8) is 0 Å². The largest absolute Gasteiger partial charge is 0.360 e. The van der Waals surface area contributed by atoms with E-state index in [1.165, 1.54) is 47.4 Å². The molecule has 0 aliphatic rings. The molecular formula is C14H16FN3OS2. The van der Waals surface area contributed by atoms with Gasteiger partial charge in [0.2, 0.25) is 5.13 Å². The number of halogens is 1. The van der Waals surface area contributed by atoms with E-state index in [4.69, 9.17) is 0 Å². The number of hydrogen-bond acceptors (Lipinski definition) is 6. The van der Waals surface area contributed by atoms with Crippen LogP contribution in [0.25, 0.3) is 0 Å². The number of benzene rings is 1. The van der Waals surface area contributed by atoms with Crippen molar-refractivity contribution in [2.75, 3.05) is 11.9 Å². The van der Waals surface area contributed by atoms with E-state index in [1.54, 1.807) is 0 Å². The fourth-order valence-electron chi connectivity index (χ4n) is 1.61. The van der Waals surface area contributed by atoms with E-state index in [-0.39, 0.29) is 16.9 Å². The average Bonchev–Trinajstić information content (AvgIpc) is 2.92. The molecule has 0 saturated heterocycles. The Morgan fingerprint density at radius 3 is 2.76 bits per heavy atom. The fourth-order valence-corrected chi connectivity index (χ4v) is 3.61. The van der Waals surface area contributed by atoms with Crippen LogP contribution in [0.3, 0.4) is 0 Å². The first-order valence-electron chi connectivity index (χ1n) is 6.64. The molecule has 1 atom stereocenters. The molecule has 0 bridgehead atoms. The predicted octanol–water partition coefficient (Wildman–Crippen LogP) is 3.86. The summed E-state index contributed by atoms with van der Waals surface area (Å²) in [6, 6.07) is 5.59. The third-order valence-corrected chi connectivity index (χ3v) is 4.77. The molecule has 1 N–H and O–H groups in total. The number of nitrogens with zero attached hydrogens (tertiary/aromatic N) is 2. The van der Waals surface area contributed by atoms with Crippen LogP contribution in [0.15, 0.2) is 28.6 Å². The lowest BCUT2D eigenvalue weighted by Crippen LogP contribution is -2.13. The van der Waals surface area contributed by atoms with E-state index in [1.807, 2.05) is 6.92 Å². The Morgan fingerprint density at radius 2 is 2.10 bits per heavy atom. The molecule has 0 radical (unpaired) electrons. The van der Waals surface area contributed by atoms with E-state index in [0.29, 0.717) is 5.56 Å². The number of ketones is 1. The van der Waals surface area contributed by atoms with E-state index >= 15 is 0 Å². The number of nitrogens with one attached hydrogen (secondary N) is 1. The summed E-state index contributed by atoms with van der Waals surface area (Å²) in [7, 11) is 0. The van der Waals surface area contributed by atoms with Gasteiger partial charge >= 0.3 is 0 Å². The molecule has 1 aromatic carbocycles. The van der Waals surface area contributed by atoms with Crippen molar-refractivity contribution in [3.8, 4) is 0 Å². The van der Waals surface area contributed by atoms with Crippen molar-refractivity contribution in [3.05, 3.63) is 35.6 Å². The first-order valence-corrected chi connectivity index (χ1v) is 8.33. The molecule has 2 aromatic rings. The fraction of sp³-hybridized carbons (Fsp3) is 0.357. The summed E-state index contributed by atoms with van der Waals surface area (Å²) in [5, 5.41) is 11.7. The van der Waals surface area contributed by atoms with Crippen LogP contribution in [-0.2, 0) is 0 Å². The first-order chi connectivity index (χ1) is 10.1. The normalized spacial score (nSPS) is 12.1. The molecule has 0 fully saturated rings. The first kappa shape index (κ1) is 15.9. The summed E-state index contributed by atoms with van der Waals surface area (Å²) in [6.45, 7) is 4.74. The lowest BCUT2D eigenvalue weighted by Gasteiger charge is -2.07. The summed E-state index contributed by atoms with van der Waals surface area (Å²) in [5.41, 5.74) is 0.505. The van der Waals surface area contributed by atoms with Crippen LogP contribution < -0.4 is 5.32 Å². The lowest BCUT2D eigenvalue weighted by molar-refractivity contribution is 0.0994. The van der Waals surface area contributed by atoms with Gasteiger partial charge in [-0.2, -0.15) is 0 Å². The van der Waals surface area contributed by atoms with Crippen LogP contribution in [-0.4, -0.2) is 27.8 Å². The summed E-state index contributed by atoms with van der Waals surface area (Å²) >= 11 is 2.80. The van der Waals surface area contributed by atoms with E-state index in [9.17, 15) is 9.18 Å². The molecule has 7 heteroatoms. The standard InChI is InChI=1S/C14H16FN3OS2/c1-3-8-16-13-17-18-14(21-13)20-9(2)12(19)10-4-6-11(15)7-5-10/h4-7,9H,3,8H2,1-2H3,(H,16,17)/t9-/m1/s1. The summed E-state index contributed by atoms with van der Waals surface area (Å²) in [4.78, 5) is 12.2. The minimum atomic E-state index is -0.345. The smallest absolute Gasteiger partial charge is 0.206 e. The molecule has 112 valence electrons. The molecule has 0 spiro atoms. The van der Waals surface area contributed by atoms with Crippen molar-refractivity contribution < 1.29 is 9.18 Å². The number of Topliss-reactive ketones (excluding diaryl/α,β-unsaturated/α-hetero) is 1. The van der Waals surface area contributed by atoms with Gasteiger partial charge in [0.15, 0.2) is 10.1 Å². The van der Waals surface area contributed by atoms with Gasteiger partial charge in [0.25, 0.3) is 0 Å². The SMILES string of the molecule is CCCNc1nnc(S[C@H](C)C(=O)c2ccc(F)cc2)s1. The molecule has 0 unspecified atom stereocenters. The van der Waals surface area contributed by atoms with Crippen LogP contribution in [0, 0.1) is 5.82 Å². The van der Waals surface area contributed by atoms with Gasteiger partial charge in [-0.25, -0.2) is 4.39 Å². The minimum Gasteiger partial charge on any atom is -0.360 e. The number of carbonyl (C=O) groups is 1. The topological polar surface area (TPSA) is 54.9 Å². The predicted molar refractivity (Wildman–Crippen MR) is 84.7 cm³/mol. The van der Waals surface area contributed by atoms with Gasteiger partial charge in [-0.1, -0.05) is 30.0 Å². The molecular weight excluding hydrogens is 309 g/mol. The highest BCUT2D eigenvalue weighted by Gasteiger charge is 2.18. The Hall–Kier alpha value is -1.47. The van der Waals surface area contributed by atoms with E-state index in [2.05, 4.69) is 22.4 Å². The highest BCUT2D eigenvalue weighted by Crippen LogP contribution is 2.30. The zero-order chi connectivity index (χ0) is 15.2. The third-order valence-electron chi connectivity index (χ3n) is 2.71. The Kier molecular flexibility index (Phi) is 5.69.